The second-order valence-corrected chi connectivity index (χ2v) is 10.9. The van der Waals surface area contributed by atoms with Crippen LogP contribution >= 0.6 is 12.4 Å². The number of aliphatic imine (C=N–C) groups is 1. The van der Waals surface area contributed by atoms with Crippen LogP contribution in [0.4, 0.5) is 8.78 Å². The van der Waals surface area contributed by atoms with Crippen molar-refractivity contribution >= 4 is 28.3 Å². The zero-order chi connectivity index (χ0) is 23.6. The first-order valence-electron chi connectivity index (χ1n) is 11.3. The second kappa shape index (κ2) is 10.7. The third kappa shape index (κ3) is 5.59. The lowest BCUT2D eigenvalue weighted by atomic mass is 9.85. The average molecular weight is 513 g/mol. The molecule has 2 aromatic rings. The topological polar surface area (TPSA) is 73.8 Å². The maximum atomic E-state index is 13.5. The van der Waals surface area contributed by atoms with Gasteiger partial charge in [0.25, 0.3) is 0 Å². The molecule has 6 nitrogen and oxygen atoms in total. The van der Waals surface area contributed by atoms with Crippen molar-refractivity contribution in [1.82, 2.24) is 14.9 Å². The lowest BCUT2D eigenvalue weighted by Crippen LogP contribution is -2.64. The molecule has 0 atom stereocenters. The highest BCUT2D eigenvalue weighted by atomic mass is 35.5. The minimum absolute atomic E-state index is 0. The SMILES string of the molecule is CC(C)c1ccc(S(=O)(=O)N2CCC3(CC2)NCCN=C3NCc2cc(F)cc(F)c2)cc1.Cl. The fourth-order valence-corrected chi connectivity index (χ4v) is 5.96. The molecule has 2 aliphatic heterocycles. The van der Waals surface area contributed by atoms with Crippen LogP contribution in [0.1, 0.15) is 43.7 Å². The number of halogens is 3. The Labute approximate surface area is 206 Å². The first-order chi connectivity index (χ1) is 15.7. The lowest BCUT2D eigenvalue weighted by molar-refractivity contribution is 0.241. The van der Waals surface area contributed by atoms with Crippen LogP contribution in [0.15, 0.2) is 52.4 Å². The predicted octanol–water partition coefficient (Wildman–Crippen LogP) is 3.82. The van der Waals surface area contributed by atoms with Gasteiger partial charge in [-0.3, -0.25) is 4.99 Å². The Morgan fingerprint density at radius 3 is 2.29 bits per heavy atom. The molecule has 0 unspecified atom stereocenters. The summed E-state index contributed by atoms with van der Waals surface area (Å²) in [4.78, 5) is 4.93. The molecule has 10 heteroatoms. The molecule has 2 aliphatic rings. The number of nitrogens with zero attached hydrogens (tertiary/aromatic N) is 2. The van der Waals surface area contributed by atoms with E-state index in [1.165, 1.54) is 16.4 Å². The van der Waals surface area contributed by atoms with E-state index in [1.807, 2.05) is 12.1 Å². The number of benzene rings is 2. The largest absolute Gasteiger partial charge is 0.368 e. The smallest absolute Gasteiger partial charge is 0.243 e. The van der Waals surface area contributed by atoms with Crippen LogP contribution < -0.4 is 10.6 Å². The highest BCUT2D eigenvalue weighted by Crippen LogP contribution is 2.29. The number of hydrogen-bond donors (Lipinski definition) is 2. The third-order valence-corrected chi connectivity index (χ3v) is 8.35. The van der Waals surface area contributed by atoms with Gasteiger partial charge in [-0.2, -0.15) is 4.31 Å². The monoisotopic (exact) mass is 512 g/mol. The minimum Gasteiger partial charge on any atom is -0.368 e. The summed E-state index contributed by atoms with van der Waals surface area (Å²) in [5.74, 6) is -0.185. The first kappa shape index (κ1) is 26.5. The Morgan fingerprint density at radius 1 is 1.09 bits per heavy atom. The molecule has 0 radical (unpaired) electrons. The summed E-state index contributed by atoms with van der Waals surface area (Å²) in [6, 6.07) is 10.5. The summed E-state index contributed by atoms with van der Waals surface area (Å²) in [6.07, 6.45) is 1.11. The molecule has 0 aliphatic carbocycles. The van der Waals surface area contributed by atoms with E-state index in [1.54, 1.807) is 12.1 Å². The maximum absolute atomic E-state index is 13.5. The molecule has 186 valence electrons. The summed E-state index contributed by atoms with van der Waals surface area (Å²) < 4.78 is 54.9. The van der Waals surface area contributed by atoms with Crippen molar-refractivity contribution in [2.75, 3.05) is 26.2 Å². The van der Waals surface area contributed by atoms with Gasteiger partial charge in [-0.1, -0.05) is 26.0 Å². The van der Waals surface area contributed by atoms with Crippen molar-refractivity contribution in [1.29, 1.82) is 0 Å². The highest BCUT2D eigenvalue weighted by molar-refractivity contribution is 7.89. The van der Waals surface area contributed by atoms with Crippen molar-refractivity contribution in [3.63, 3.8) is 0 Å². The van der Waals surface area contributed by atoms with Crippen LogP contribution in [0.5, 0.6) is 0 Å². The lowest BCUT2D eigenvalue weighted by Gasteiger charge is -2.44. The quantitative estimate of drug-likeness (QED) is 0.638. The van der Waals surface area contributed by atoms with Crippen LogP contribution in [0.3, 0.4) is 0 Å². The Bertz CT molecular complexity index is 1110. The zero-order valence-electron chi connectivity index (χ0n) is 19.4. The molecule has 1 fully saturated rings. The summed E-state index contributed by atoms with van der Waals surface area (Å²) >= 11 is 0. The fourth-order valence-electron chi connectivity index (χ4n) is 4.52. The van der Waals surface area contributed by atoms with Gasteiger partial charge >= 0.3 is 0 Å². The molecule has 0 aromatic heterocycles. The van der Waals surface area contributed by atoms with E-state index < -0.39 is 27.2 Å². The van der Waals surface area contributed by atoms with Crippen molar-refractivity contribution < 1.29 is 17.2 Å². The van der Waals surface area contributed by atoms with Gasteiger partial charge in [0.1, 0.15) is 17.5 Å². The molecule has 2 heterocycles. The molecule has 1 spiro atoms. The van der Waals surface area contributed by atoms with Gasteiger partial charge in [-0.15, -0.1) is 12.4 Å². The van der Waals surface area contributed by atoms with Crippen LogP contribution in [-0.2, 0) is 16.6 Å². The number of nitrogens with one attached hydrogen (secondary N) is 2. The molecule has 0 bridgehead atoms. The molecule has 0 saturated carbocycles. The average Bonchev–Trinajstić information content (AvgIpc) is 2.78. The maximum Gasteiger partial charge on any atom is 0.243 e. The molecule has 4 rings (SSSR count). The number of hydrogen-bond acceptors (Lipinski definition) is 5. The molecule has 0 amide bonds. The summed E-state index contributed by atoms with van der Waals surface area (Å²) in [6.45, 7) is 6.38. The Morgan fingerprint density at radius 2 is 1.71 bits per heavy atom. The van der Waals surface area contributed by atoms with Crippen LogP contribution in [0.2, 0.25) is 0 Å². The van der Waals surface area contributed by atoms with Gasteiger partial charge in [0.05, 0.1) is 17.0 Å². The van der Waals surface area contributed by atoms with Crippen LogP contribution in [0, 0.1) is 11.6 Å². The van der Waals surface area contributed by atoms with Crippen molar-refractivity contribution in [3.8, 4) is 0 Å². The van der Waals surface area contributed by atoms with Crippen molar-refractivity contribution in [2.45, 2.75) is 49.6 Å². The zero-order valence-corrected chi connectivity index (χ0v) is 21.0. The Kier molecular flexibility index (Phi) is 8.34. The second-order valence-electron chi connectivity index (χ2n) is 9.00. The van der Waals surface area contributed by atoms with E-state index in [4.69, 9.17) is 0 Å². The summed E-state index contributed by atoms with van der Waals surface area (Å²) in [5.41, 5.74) is 1.11. The van der Waals surface area contributed by atoms with Crippen molar-refractivity contribution in [2.24, 2.45) is 4.99 Å². The van der Waals surface area contributed by atoms with E-state index in [0.717, 1.165) is 17.5 Å². The minimum atomic E-state index is -3.58. The van der Waals surface area contributed by atoms with E-state index in [9.17, 15) is 17.2 Å². The standard InChI is InChI=1S/C24H30F2N4O2S.ClH/c1-17(2)19-3-5-22(6-4-19)33(31,32)30-11-7-24(8-12-30)23(27-9-10-29-24)28-16-18-13-20(25)15-21(26)14-18;/h3-6,13-15,17,29H,7-12,16H2,1-2H3,(H,27,28);1H. The summed E-state index contributed by atoms with van der Waals surface area (Å²) in [7, 11) is -3.58. The molecule has 2 aromatic carbocycles. The number of sulfonamides is 1. The normalized spacial score (nSPS) is 18.4. The van der Waals surface area contributed by atoms with Crippen LogP contribution in [-0.4, -0.2) is 50.3 Å². The van der Waals surface area contributed by atoms with Gasteiger partial charge in [-0.05, 0) is 54.2 Å². The summed E-state index contributed by atoms with van der Waals surface area (Å²) in [5, 5.41) is 6.75. The first-order valence-corrected chi connectivity index (χ1v) is 12.7. The molecular formula is C24H31ClF2N4O2S. The molecule has 2 N–H and O–H groups in total. The predicted molar refractivity (Wildman–Crippen MR) is 132 cm³/mol. The van der Waals surface area contributed by atoms with E-state index >= 15 is 0 Å². The van der Waals surface area contributed by atoms with Crippen molar-refractivity contribution in [3.05, 3.63) is 65.2 Å². The third-order valence-electron chi connectivity index (χ3n) is 6.44. The molecular weight excluding hydrogens is 482 g/mol. The van der Waals surface area contributed by atoms with Crippen LogP contribution in [0.25, 0.3) is 0 Å². The van der Waals surface area contributed by atoms with E-state index in [-0.39, 0.29) is 19.0 Å². The Balaban J connectivity index is 0.00000324. The number of amidine groups is 1. The molecule has 34 heavy (non-hydrogen) atoms. The van der Waals surface area contributed by atoms with E-state index in [0.29, 0.717) is 55.4 Å². The number of piperidine rings is 1. The van der Waals surface area contributed by atoms with Gasteiger partial charge in [0.2, 0.25) is 10.0 Å². The molecule has 1 saturated heterocycles. The van der Waals surface area contributed by atoms with Gasteiger partial charge in [0, 0.05) is 32.2 Å². The van der Waals surface area contributed by atoms with E-state index in [2.05, 4.69) is 29.5 Å². The number of rotatable bonds is 5. The van der Waals surface area contributed by atoms with Gasteiger partial charge < -0.3 is 10.6 Å². The fraction of sp³-hybridized carbons (Fsp3) is 0.458. The Hall–Kier alpha value is -2.07. The highest BCUT2D eigenvalue weighted by Gasteiger charge is 2.43. The van der Waals surface area contributed by atoms with Gasteiger partial charge in [-0.25, -0.2) is 17.2 Å². The van der Waals surface area contributed by atoms with Gasteiger partial charge in [0.15, 0.2) is 0 Å².